The lowest BCUT2D eigenvalue weighted by atomic mass is 10.1. The number of thiol groups is 1. The van der Waals surface area contributed by atoms with Gasteiger partial charge in [-0.1, -0.05) is 11.3 Å². The molecular formula is C13H16N2O3S2. The fourth-order valence-electron chi connectivity index (χ4n) is 2.40. The van der Waals surface area contributed by atoms with Gasteiger partial charge in [0, 0.05) is 18.9 Å². The van der Waals surface area contributed by atoms with Crippen LogP contribution in [0.15, 0.2) is 0 Å². The molecule has 7 heteroatoms. The molecule has 1 amide bonds. The van der Waals surface area contributed by atoms with Gasteiger partial charge in [0.25, 0.3) is 0 Å². The summed E-state index contributed by atoms with van der Waals surface area (Å²) in [6, 6.07) is 0. The summed E-state index contributed by atoms with van der Waals surface area (Å²) in [6.07, 6.45) is 2.62. The summed E-state index contributed by atoms with van der Waals surface area (Å²) in [5.41, 5.74) is 0.805. The molecule has 1 aromatic heterocycles. The van der Waals surface area contributed by atoms with Gasteiger partial charge in [0.15, 0.2) is 5.13 Å². The monoisotopic (exact) mass is 312 g/mol. The second kappa shape index (κ2) is 5.37. The van der Waals surface area contributed by atoms with E-state index in [2.05, 4.69) is 17.6 Å². The van der Waals surface area contributed by atoms with Crippen LogP contribution in [0.1, 0.15) is 40.5 Å². The highest BCUT2D eigenvalue weighted by atomic mass is 32.1. The molecular weight excluding hydrogens is 296 g/mol. The summed E-state index contributed by atoms with van der Waals surface area (Å²) in [7, 11) is 1.37. The second-order valence-corrected chi connectivity index (χ2v) is 6.58. The van der Waals surface area contributed by atoms with Crippen molar-refractivity contribution in [1.82, 2.24) is 4.98 Å². The summed E-state index contributed by atoms with van der Waals surface area (Å²) in [5.74, 6) is 1.02. The van der Waals surface area contributed by atoms with Gasteiger partial charge in [0.05, 0.1) is 12.8 Å². The average Bonchev–Trinajstić information content (AvgIpc) is 3.09. The van der Waals surface area contributed by atoms with Crippen molar-refractivity contribution in [1.29, 1.82) is 0 Å². The van der Waals surface area contributed by atoms with E-state index in [9.17, 15) is 9.59 Å². The third-order valence-corrected chi connectivity index (χ3v) is 5.26. The molecule has 108 valence electrons. The van der Waals surface area contributed by atoms with E-state index in [1.54, 1.807) is 4.90 Å². The number of thiazole rings is 1. The largest absolute Gasteiger partial charge is 0.465 e. The predicted octanol–water partition coefficient (Wildman–Crippen LogP) is 2.09. The van der Waals surface area contributed by atoms with Crippen molar-refractivity contribution < 1.29 is 14.3 Å². The molecule has 1 atom stereocenters. The first-order valence-corrected chi connectivity index (χ1v) is 8.09. The van der Waals surface area contributed by atoms with Crippen molar-refractivity contribution in [3.63, 3.8) is 0 Å². The van der Waals surface area contributed by atoms with Gasteiger partial charge in [0.2, 0.25) is 5.91 Å². The summed E-state index contributed by atoms with van der Waals surface area (Å²) < 4.78 is 4.82. The van der Waals surface area contributed by atoms with Gasteiger partial charge in [0.1, 0.15) is 4.88 Å². The molecule has 3 rings (SSSR count). The SMILES string of the molecule is COC(=O)c1sc(N2CC(CS)CC2=O)nc1C1CC1. The molecule has 20 heavy (non-hydrogen) atoms. The maximum atomic E-state index is 12.0. The Morgan fingerprint density at radius 1 is 1.55 bits per heavy atom. The molecule has 5 nitrogen and oxygen atoms in total. The third-order valence-electron chi connectivity index (χ3n) is 3.67. The van der Waals surface area contributed by atoms with Gasteiger partial charge >= 0.3 is 5.97 Å². The molecule has 2 heterocycles. The molecule has 1 aliphatic carbocycles. The van der Waals surface area contributed by atoms with Crippen LogP contribution < -0.4 is 4.90 Å². The first kappa shape index (κ1) is 13.9. The normalized spacial score (nSPS) is 22.4. The Labute approximate surface area is 126 Å². The third kappa shape index (κ3) is 2.44. The predicted molar refractivity (Wildman–Crippen MR) is 79.7 cm³/mol. The van der Waals surface area contributed by atoms with Crippen LogP contribution in [-0.2, 0) is 9.53 Å². The van der Waals surface area contributed by atoms with E-state index < -0.39 is 0 Å². The number of carbonyl (C=O) groups is 2. The number of rotatable bonds is 4. The number of amides is 1. The molecule has 1 unspecified atom stereocenters. The Morgan fingerprint density at radius 3 is 2.85 bits per heavy atom. The van der Waals surface area contributed by atoms with Crippen molar-refractivity contribution in [3.8, 4) is 0 Å². The second-order valence-electron chi connectivity index (χ2n) is 5.23. The van der Waals surface area contributed by atoms with E-state index in [-0.39, 0.29) is 17.8 Å². The molecule has 0 aromatic carbocycles. The van der Waals surface area contributed by atoms with E-state index in [1.165, 1.54) is 18.4 Å². The number of carbonyl (C=O) groups excluding carboxylic acids is 2. The summed E-state index contributed by atoms with van der Waals surface area (Å²) in [6.45, 7) is 0.639. The van der Waals surface area contributed by atoms with Gasteiger partial charge < -0.3 is 4.74 Å². The van der Waals surface area contributed by atoms with Crippen LogP contribution in [0.4, 0.5) is 5.13 Å². The number of methoxy groups -OCH3 is 1. The highest BCUT2D eigenvalue weighted by molar-refractivity contribution is 7.80. The summed E-state index contributed by atoms with van der Waals surface area (Å²) >= 11 is 5.52. The molecule has 0 N–H and O–H groups in total. The van der Waals surface area contributed by atoms with Gasteiger partial charge in [-0.3, -0.25) is 9.69 Å². The maximum absolute atomic E-state index is 12.0. The van der Waals surface area contributed by atoms with Crippen molar-refractivity contribution >= 4 is 41.0 Å². The maximum Gasteiger partial charge on any atom is 0.350 e. The average molecular weight is 312 g/mol. The Morgan fingerprint density at radius 2 is 2.30 bits per heavy atom. The molecule has 0 bridgehead atoms. The zero-order chi connectivity index (χ0) is 14.3. The van der Waals surface area contributed by atoms with Gasteiger partial charge in [-0.25, -0.2) is 9.78 Å². The number of hydrogen-bond acceptors (Lipinski definition) is 6. The minimum absolute atomic E-state index is 0.0663. The fourth-order valence-corrected chi connectivity index (χ4v) is 3.74. The minimum atomic E-state index is -0.354. The van der Waals surface area contributed by atoms with E-state index in [0.29, 0.717) is 34.6 Å². The lowest BCUT2D eigenvalue weighted by molar-refractivity contribution is -0.117. The fraction of sp³-hybridized carbons (Fsp3) is 0.615. The van der Waals surface area contributed by atoms with Crippen molar-refractivity contribution in [2.24, 2.45) is 5.92 Å². The zero-order valence-corrected chi connectivity index (χ0v) is 12.9. The first-order chi connectivity index (χ1) is 9.63. The summed E-state index contributed by atoms with van der Waals surface area (Å²) in [4.78, 5) is 30.6. The molecule has 2 fully saturated rings. The number of nitrogens with zero attached hydrogens (tertiary/aromatic N) is 2. The van der Waals surface area contributed by atoms with Crippen LogP contribution >= 0.6 is 24.0 Å². The number of ether oxygens (including phenoxy) is 1. The van der Waals surface area contributed by atoms with Crippen LogP contribution in [0.3, 0.4) is 0 Å². The topological polar surface area (TPSA) is 59.5 Å². The van der Waals surface area contributed by atoms with Gasteiger partial charge in [-0.05, 0) is 24.5 Å². The lowest BCUT2D eigenvalue weighted by Crippen LogP contribution is -2.24. The van der Waals surface area contributed by atoms with E-state index in [4.69, 9.17) is 4.74 Å². The summed E-state index contributed by atoms with van der Waals surface area (Å²) in [5, 5.41) is 0.626. The number of aromatic nitrogens is 1. The zero-order valence-electron chi connectivity index (χ0n) is 11.2. The van der Waals surface area contributed by atoms with Crippen LogP contribution in [0.2, 0.25) is 0 Å². The minimum Gasteiger partial charge on any atom is -0.465 e. The molecule has 1 aliphatic heterocycles. The van der Waals surface area contributed by atoms with E-state index >= 15 is 0 Å². The quantitative estimate of drug-likeness (QED) is 0.683. The standard InChI is InChI=1S/C13H16N2O3S2/c1-18-12(17)11-10(8-2-3-8)14-13(20-11)15-5-7(6-19)4-9(15)16/h7-8,19H,2-6H2,1H3. The van der Waals surface area contributed by atoms with E-state index in [0.717, 1.165) is 18.5 Å². The Balaban J connectivity index is 1.90. The van der Waals surface area contributed by atoms with Crippen LogP contribution in [0.5, 0.6) is 0 Å². The molecule has 1 saturated carbocycles. The Bertz CT molecular complexity index is 554. The molecule has 2 aliphatic rings. The van der Waals surface area contributed by atoms with Gasteiger partial charge in [-0.2, -0.15) is 12.6 Å². The number of anilines is 1. The molecule has 0 radical (unpaired) electrons. The highest BCUT2D eigenvalue weighted by Crippen LogP contribution is 2.45. The molecule has 1 aromatic rings. The van der Waals surface area contributed by atoms with Crippen LogP contribution in [-0.4, -0.2) is 36.3 Å². The Hall–Kier alpha value is -1.08. The lowest BCUT2D eigenvalue weighted by Gasteiger charge is -2.11. The van der Waals surface area contributed by atoms with Gasteiger partial charge in [-0.15, -0.1) is 0 Å². The number of hydrogen-bond donors (Lipinski definition) is 1. The molecule has 1 saturated heterocycles. The molecule has 0 spiro atoms. The van der Waals surface area contributed by atoms with Crippen molar-refractivity contribution in [2.45, 2.75) is 25.2 Å². The van der Waals surface area contributed by atoms with Crippen LogP contribution in [0, 0.1) is 5.92 Å². The number of esters is 1. The van der Waals surface area contributed by atoms with Crippen LogP contribution in [0.25, 0.3) is 0 Å². The van der Waals surface area contributed by atoms with E-state index in [1.807, 2.05) is 0 Å². The smallest absolute Gasteiger partial charge is 0.350 e. The van der Waals surface area contributed by atoms with Crippen molar-refractivity contribution in [3.05, 3.63) is 10.6 Å². The first-order valence-electron chi connectivity index (χ1n) is 6.64. The Kier molecular flexibility index (Phi) is 3.72. The van der Waals surface area contributed by atoms with Crippen molar-refractivity contribution in [2.75, 3.05) is 24.3 Å². The highest BCUT2D eigenvalue weighted by Gasteiger charge is 2.36.